The number of sulfonamides is 1. The molecule has 2 N–H and O–H groups in total. The van der Waals surface area contributed by atoms with Gasteiger partial charge < -0.3 is 4.74 Å². The van der Waals surface area contributed by atoms with Crippen LogP contribution in [-0.4, -0.2) is 25.0 Å². The average molecular weight is 451 g/mol. The van der Waals surface area contributed by atoms with Crippen LogP contribution in [0.5, 0.6) is 5.75 Å². The van der Waals surface area contributed by atoms with Crippen molar-refractivity contribution in [2.45, 2.75) is 17.4 Å². The molecule has 0 spiro atoms. The van der Waals surface area contributed by atoms with Crippen LogP contribution in [0.15, 0.2) is 59.5 Å². The molecule has 1 aromatic heterocycles. The third kappa shape index (κ3) is 4.84. The van der Waals surface area contributed by atoms with Gasteiger partial charge in [0.1, 0.15) is 11.4 Å². The number of anilines is 1. The molecule has 3 aromatic rings. The van der Waals surface area contributed by atoms with Gasteiger partial charge in [0, 0.05) is 0 Å². The number of hydrogen-bond acceptors (Lipinski definition) is 4. The number of nitrogens with zero attached hydrogens (tertiary/aromatic N) is 1. The molecule has 0 aliphatic carbocycles. The van der Waals surface area contributed by atoms with Crippen LogP contribution in [0.25, 0.3) is 11.1 Å². The molecule has 2 aromatic carbocycles. The number of ether oxygens (including phenoxy) is 1. The van der Waals surface area contributed by atoms with Crippen molar-refractivity contribution in [2.24, 2.45) is 0 Å². The van der Waals surface area contributed by atoms with Crippen LogP contribution >= 0.6 is 0 Å². The molecular formula is C17H11F6N3O3S. The summed E-state index contributed by atoms with van der Waals surface area (Å²) in [6, 6.07) is 10.3. The molecule has 0 fully saturated rings. The zero-order valence-corrected chi connectivity index (χ0v) is 15.4. The summed E-state index contributed by atoms with van der Waals surface area (Å²) in [5.74, 6) is -1.33. The smallest absolute Gasteiger partial charge is 0.406 e. The standard InChI is InChI=1S/C17H11F6N3O3S/c18-16(19,20)14-13(10-6-8-11(9-7-10)29-17(21,22)23)15(25-24-14)26-30(27,28)12-4-2-1-3-5-12/h1-9H,(H2,24,25,26). The minimum absolute atomic E-state index is 0.221. The van der Waals surface area contributed by atoms with Crippen molar-refractivity contribution in [3.05, 3.63) is 60.3 Å². The molecule has 13 heteroatoms. The molecule has 0 bridgehead atoms. The van der Waals surface area contributed by atoms with Crippen molar-refractivity contribution >= 4 is 15.8 Å². The third-order valence-corrected chi connectivity index (χ3v) is 5.07. The molecule has 0 aliphatic heterocycles. The van der Waals surface area contributed by atoms with Gasteiger partial charge in [0.25, 0.3) is 10.0 Å². The molecular weight excluding hydrogens is 440 g/mol. The van der Waals surface area contributed by atoms with Crippen LogP contribution in [0.1, 0.15) is 5.69 Å². The van der Waals surface area contributed by atoms with Crippen molar-refractivity contribution in [3.8, 4) is 16.9 Å². The number of alkyl halides is 6. The Morgan fingerprint density at radius 3 is 2.03 bits per heavy atom. The number of hydrogen-bond donors (Lipinski definition) is 2. The molecule has 6 nitrogen and oxygen atoms in total. The zero-order valence-electron chi connectivity index (χ0n) is 14.5. The number of H-pyrrole nitrogens is 1. The number of nitrogens with one attached hydrogen (secondary N) is 2. The Morgan fingerprint density at radius 1 is 0.900 bits per heavy atom. The first-order valence-electron chi connectivity index (χ1n) is 7.96. The highest BCUT2D eigenvalue weighted by molar-refractivity contribution is 7.92. The first-order chi connectivity index (χ1) is 13.9. The predicted molar refractivity (Wildman–Crippen MR) is 93.0 cm³/mol. The summed E-state index contributed by atoms with van der Waals surface area (Å²) >= 11 is 0. The Labute approximate surface area is 165 Å². The van der Waals surface area contributed by atoms with E-state index in [9.17, 15) is 34.8 Å². The molecule has 0 unspecified atom stereocenters. The summed E-state index contributed by atoms with van der Waals surface area (Å²) in [4.78, 5) is -0.221. The predicted octanol–water partition coefficient (Wildman–Crippen LogP) is 4.79. The maximum Gasteiger partial charge on any atom is 0.573 e. The van der Waals surface area contributed by atoms with Crippen molar-refractivity contribution in [1.29, 1.82) is 0 Å². The fraction of sp³-hybridized carbons (Fsp3) is 0.118. The van der Waals surface area contributed by atoms with Crippen molar-refractivity contribution in [3.63, 3.8) is 0 Å². The molecule has 1 heterocycles. The highest BCUT2D eigenvalue weighted by Crippen LogP contribution is 2.40. The second-order valence-electron chi connectivity index (χ2n) is 5.81. The zero-order chi connectivity index (χ0) is 22.2. The second-order valence-corrected chi connectivity index (χ2v) is 7.49. The van der Waals surface area contributed by atoms with Crippen molar-refractivity contribution < 1.29 is 39.5 Å². The van der Waals surface area contributed by atoms with Crippen LogP contribution in [0.4, 0.5) is 32.2 Å². The molecule has 0 aliphatic rings. The van der Waals surface area contributed by atoms with Gasteiger partial charge in [-0.25, -0.2) is 8.42 Å². The molecule has 0 atom stereocenters. The van der Waals surface area contributed by atoms with E-state index >= 15 is 0 Å². The van der Waals surface area contributed by atoms with E-state index in [2.05, 4.69) is 9.84 Å². The lowest BCUT2D eigenvalue weighted by Crippen LogP contribution is -2.17. The Balaban J connectivity index is 2.04. The lowest BCUT2D eigenvalue weighted by Gasteiger charge is -2.12. The first kappa shape index (κ1) is 21.5. The van der Waals surface area contributed by atoms with E-state index in [-0.39, 0.29) is 10.5 Å². The lowest BCUT2D eigenvalue weighted by molar-refractivity contribution is -0.274. The summed E-state index contributed by atoms with van der Waals surface area (Å²) in [5, 5.41) is 5.13. The van der Waals surface area contributed by atoms with E-state index in [4.69, 9.17) is 0 Å². The normalized spacial score (nSPS) is 12.6. The topological polar surface area (TPSA) is 84.1 Å². The molecule has 0 amide bonds. The van der Waals surface area contributed by atoms with Gasteiger partial charge in [-0.2, -0.15) is 18.3 Å². The monoisotopic (exact) mass is 451 g/mol. The molecule has 0 radical (unpaired) electrons. The van der Waals surface area contributed by atoms with E-state index in [0.717, 1.165) is 24.3 Å². The van der Waals surface area contributed by atoms with Crippen molar-refractivity contribution in [2.75, 3.05) is 4.72 Å². The number of aromatic amines is 1. The minimum atomic E-state index is -4.98. The average Bonchev–Trinajstić information content (AvgIpc) is 3.05. The van der Waals surface area contributed by atoms with Crippen molar-refractivity contribution in [1.82, 2.24) is 10.2 Å². The molecule has 0 saturated carbocycles. The lowest BCUT2D eigenvalue weighted by atomic mass is 10.1. The largest absolute Gasteiger partial charge is 0.573 e. The van der Waals surface area contributed by atoms with Crippen LogP contribution in [-0.2, 0) is 16.2 Å². The fourth-order valence-electron chi connectivity index (χ4n) is 2.51. The van der Waals surface area contributed by atoms with Gasteiger partial charge in [-0.3, -0.25) is 9.82 Å². The second kappa shape index (κ2) is 7.55. The van der Waals surface area contributed by atoms with Crippen LogP contribution in [0.2, 0.25) is 0 Å². The maximum absolute atomic E-state index is 13.4. The first-order valence-corrected chi connectivity index (χ1v) is 9.45. The summed E-state index contributed by atoms with van der Waals surface area (Å²) < 4.78 is 108. The van der Waals surface area contributed by atoms with Crippen LogP contribution in [0, 0.1) is 0 Å². The third-order valence-electron chi connectivity index (χ3n) is 3.71. The Hall–Kier alpha value is -3.22. The van der Waals surface area contributed by atoms with E-state index in [1.807, 2.05) is 4.72 Å². The van der Waals surface area contributed by atoms with E-state index < -0.39 is 45.4 Å². The molecule has 30 heavy (non-hydrogen) atoms. The molecule has 160 valence electrons. The highest BCUT2D eigenvalue weighted by Gasteiger charge is 2.38. The maximum atomic E-state index is 13.4. The summed E-state index contributed by atoms with van der Waals surface area (Å²) in [6.07, 6.45) is -9.93. The van der Waals surface area contributed by atoms with Gasteiger partial charge in [0.15, 0.2) is 5.82 Å². The molecule has 0 saturated heterocycles. The van der Waals surface area contributed by atoms with Gasteiger partial charge in [-0.05, 0) is 29.8 Å². The van der Waals surface area contributed by atoms with Gasteiger partial charge in [0.2, 0.25) is 0 Å². The van der Waals surface area contributed by atoms with Gasteiger partial charge in [-0.1, -0.05) is 30.3 Å². The Bertz CT molecular complexity index is 1120. The van der Waals surface area contributed by atoms with E-state index in [0.29, 0.717) is 0 Å². The van der Waals surface area contributed by atoms with Gasteiger partial charge in [-0.15, -0.1) is 13.2 Å². The highest BCUT2D eigenvalue weighted by atomic mass is 32.2. The van der Waals surface area contributed by atoms with Crippen LogP contribution in [0.3, 0.4) is 0 Å². The fourth-order valence-corrected chi connectivity index (χ4v) is 3.55. The summed E-state index contributed by atoms with van der Waals surface area (Å²) in [7, 11) is -4.28. The number of benzene rings is 2. The van der Waals surface area contributed by atoms with E-state index in [1.54, 1.807) is 11.2 Å². The Morgan fingerprint density at radius 2 is 1.50 bits per heavy atom. The van der Waals surface area contributed by atoms with E-state index in [1.165, 1.54) is 24.3 Å². The Kier molecular flexibility index (Phi) is 5.41. The molecule has 3 rings (SSSR count). The quantitative estimate of drug-likeness (QED) is 0.546. The minimum Gasteiger partial charge on any atom is -0.406 e. The van der Waals surface area contributed by atoms with Gasteiger partial charge >= 0.3 is 12.5 Å². The summed E-state index contributed by atoms with van der Waals surface area (Å²) in [5.41, 5.74) is -2.30. The van der Waals surface area contributed by atoms with Gasteiger partial charge in [0.05, 0.1) is 10.5 Å². The summed E-state index contributed by atoms with van der Waals surface area (Å²) in [6.45, 7) is 0. The SMILES string of the molecule is O=S(=O)(Nc1n[nH]c(C(F)(F)F)c1-c1ccc(OC(F)(F)F)cc1)c1ccccc1. The number of aromatic nitrogens is 2. The number of rotatable bonds is 5. The van der Waals surface area contributed by atoms with Crippen LogP contribution < -0.4 is 9.46 Å². The number of halogens is 6.